The molecule has 41 heavy (non-hydrogen) atoms. The van der Waals surface area contributed by atoms with E-state index in [0.717, 1.165) is 28.1 Å². The van der Waals surface area contributed by atoms with Crippen LogP contribution in [0.3, 0.4) is 0 Å². The van der Waals surface area contributed by atoms with E-state index in [-0.39, 0.29) is 42.2 Å². The second-order valence-electron chi connectivity index (χ2n) is 10.1. The second-order valence-corrected chi connectivity index (χ2v) is 11.2. The molecule has 0 fully saturated rings. The third-order valence-electron chi connectivity index (χ3n) is 6.90. The average molecular weight is 571 g/mol. The Kier molecular flexibility index (Phi) is 7.32. The van der Waals surface area contributed by atoms with Gasteiger partial charge in [-0.25, -0.2) is 4.68 Å². The van der Waals surface area contributed by atoms with Crippen LogP contribution in [0.5, 0.6) is 17.2 Å². The number of fused-ring (bicyclic) bond motifs is 2. The Morgan fingerprint density at radius 2 is 1.83 bits per heavy atom. The molecule has 2 aliphatic rings. The zero-order valence-corrected chi connectivity index (χ0v) is 23.8. The van der Waals surface area contributed by atoms with Gasteiger partial charge < -0.3 is 19.5 Å². The molecule has 2 aliphatic heterocycles. The van der Waals surface area contributed by atoms with Crippen molar-refractivity contribution < 1.29 is 23.8 Å². The molecule has 2 amide bonds. The summed E-state index contributed by atoms with van der Waals surface area (Å²) in [4.78, 5) is 28.5. The van der Waals surface area contributed by atoms with Crippen LogP contribution in [0.1, 0.15) is 30.2 Å². The van der Waals surface area contributed by atoms with Gasteiger partial charge in [-0.15, -0.1) is 11.8 Å². The number of carbonyl (C=O) groups excluding carboxylic acids is 2. The largest absolute Gasteiger partial charge is 0.497 e. The molecule has 10 heteroatoms. The molecule has 1 aromatic heterocycles. The van der Waals surface area contributed by atoms with Gasteiger partial charge in [0.25, 0.3) is 0 Å². The predicted molar refractivity (Wildman–Crippen MR) is 158 cm³/mol. The van der Waals surface area contributed by atoms with Gasteiger partial charge in [0.15, 0.2) is 11.5 Å². The van der Waals surface area contributed by atoms with Crippen molar-refractivity contribution in [3.8, 4) is 34.2 Å². The zero-order valence-electron chi connectivity index (χ0n) is 23.0. The van der Waals surface area contributed by atoms with Crippen LogP contribution in [0.25, 0.3) is 16.9 Å². The topological polar surface area (TPSA) is 94.9 Å². The van der Waals surface area contributed by atoms with Gasteiger partial charge in [0.2, 0.25) is 18.6 Å². The van der Waals surface area contributed by atoms with Crippen LogP contribution >= 0.6 is 11.8 Å². The molecule has 0 saturated carbocycles. The summed E-state index contributed by atoms with van der Waals surface area (Å²) >= 11 is 1.51. The van der Waals surface area contributed by atoms with E-state index in [4.69, 9.17) is 19.3 Å². The third kappa shape index (κ3) is 5.22. The summed E-state index contributed by atoms with van der Waals surface area (Å²) < 4.78 is 18.4. The molecule has 0 spiro atoms. The summed E-state index contributed by atoms with van der Waals surface area (Å²) in [5.41, 5.74) is 4.17. The highest BCUT2D eigenvalue weighted by atomic mass is 32.2. The highest BCUT2D eigenvalue weighted by molar-refractivity contribution is 8.00. The van der Waals surface area contributed by atoms with Crippen molar-refractivity contribution in [2.45, 2.75) is 25.1 Å². The van der Waals surface area contributed by atoms with Crippen LogP contribution in [-0.2, 0) is 9.59 Å². The number of carbonyl (C=O) groups is 2. The Hall–Kier alpha value is -4.44. The summed E-state index contributed by atoms with van der Waals surface area (Å²) in [7, 11) is 1.61. The van der Waals surface area contributed by atoms with Crippen molar-refractivity contribution >= 4 is 29.4 Å². The normalized spacial score (nSPS) is 16.0. The number of hydrogen-bond donors (Lipinski definition) is 1. The minimum atomic E-state index is -0.274. The number of benzene rings is 3. The number of nitrogens with zero attached hydrogens (tertiary/aromatic N) is 3. The fourth-order valence-corrected chi connectivity index (χ4v) is 6.27. The molecule has 0 saturated heterocycles. The Morgan fingerprint density at radius 3 is 2.56 bits per heavy atom. The van der Waals surface area contributed by atoms with Crippen molar-refractivity contribution in [3.05, 3.63) is 83.9 Å². The molecule has 0 radical (unpaired) electrons. The van der Waals surface area contributed by atoms with Gasteiger partial charge in [-0.1, -0.05) is 36.4 Å². The molecule has 1 N–H and O–H groups in total. The number of aromatic nitrogens is 2. The lowest BCUT2D eigenvalue weighted by molar-refractivity contribution is -0.123. The number of anilines is 1. The van der Waals surface area contributed by atoms with Gasteiger partial charge in [-0.3, -0.25) is 14.5 Å². The number of thioether (sulfide) groups is 1. The zero-order chi connectivity index (χ0) is 28.5. The number of amides is 2. The molecule has 4 aromatic rings. The summed E-state index contributed by atoms with van der Waals surface area (Å²) in [6, 6.07) is 23.2. The van der Waals surface area contributed by atoms with Gasteiger partial charge in [0.05, 0.1) is 29.5 Å². The van der Waals surface area contributed by atoms with Crippen LogP contribution in [0, 0.1) is 0 Å². The predicted octanol–water partition coefficient (Wildman–Crippen LogP) is 4.97. The first-order chi connectivity index (χ1) is 19.9. The smallest absolute Gasteiger partial charge is 0.240 e. The quantitative estimate of drug-likeness (QED) is 0.335. The molecule has 9 nitrogen and oxygen atoms in total. The summed E-state index contributed by atoms with van der Waals surface area (Å²) in [5.74, 6) is 2.38. The number of hydrogen-bond acceptors (Lipinski definition) is 7. The number of rotatable bonds is 7. The first-order valence-electron chi connectivity index (χ1n) is 13.4. The van der Waals surface area contributed by atoms with Crippen molar-refractivity contribution in [1.82, 2.24) is 15.1 Å². The maximum absolute atomic E-state index is 13.8. The summed E-state index contributed by atoms with van der Waals surface area (Å²) in [5, 5.41) is 7.77. The molecule has 3 aromatic carbocycles. The number of nitrogens with one attached hydrogen (secondary N) is 1. The number of methoxy groups -OCH3 is 1. The lowest BCUT2D eigenvalue weighted by Gasteiger charge is -2.24. The van der Waals surface area contributed by atoms with E-state index in [2.05, 4.69) is 5.32 Å². The molecule has 3 heterocycles. The van der Waals surface area contributed by atoms with Gasteiger partial charge >= 0.3 is 0 Å². The van der Waals surface area contributed by atoms with E-state index < -0.39 is 0 Å². The Morgan fingerprint density at radius 1 is 1.07 bits per heavy atom. The van der Waals surface area contributed by atoms with E-state index in [1.807, 2.05) is 86.6 Å². The van der Waals surface area contributed by atoms with Crippen molar-refractivity contribution in [3.63, 3.8) is 0 Å². The molecular formula is C31H30N4O5S. The lowest BCUT2D eigenvalue weighted by atomic mass is 9.99. The standard InChI is InChI=1S/C31H30N4O5S/c1-19(2)32-26(36)16-34-27(37)17-41-30(21-9-14-24-25(15-21)40-18-39-24)28-29(20-7-5-4-6-8-20)33-35(31(28)34)22-10-12-23(38-3)13-11-22/h4-15,19,30H,16-18H2,1-3H3,(H,32,36). The monoisotopic (exact) mass is 570 g/mol. The first kappa shape index (κ1) is 26.8. The molecule has 1 unspecified atom stereocenters. The Labute approximate surface area is 242 Å². The minimum Gasteiger partial charge on any atom is -0.497 e. The van der Waals surface area contributed by atoms with Gasteiger partial charge in [0.1, 0.15) is 18.1 Å². The molecule has 6 rings (SSSR count). The van der Waals surface area contributed by atoms with E-state index >= 15 is 0 Å². The molecule has 0 bridgehead atoms. The third-order valence-corrected chi connectivity index (χ3v) is 8.16. The average Bonchev–Trinajstić information content (AvgIpc) is 3.58. The van der Waals surface area contributed by atoms with Crippen LogP contribution < -0.4 is 24.4 Å². The van der Waals surface area contributed by atoms with Gasteiger partial charge in [-0.2, -0.15) is 5.10 Å². The molecule has 210 valence electrons. The number of ether oxygens (including phenoxy) is 3. The fraction of sp³-hybridized carbons (Fsp3) is 0.258. The minimum absolute atomic E-state index is 0.0637. The Balaban J connectivity index is 1.60. The highest BCUT2D eigenvalue weighted by Crippen LogP contribution is 2.50. The summed E-state index contributed by atoms with van der Waals surface area (Å²) in [6.45, 7) is 3.83. The molecule has 1 atom stereocenters. The van der Waals surface area contributed by atoms with E-state index in [1.54, 1.807) is 16.7 Å². The lowest BCUT2D eigenvalue weighted by Crippen LogP contribution is -2.44. The van der Waals surface area contributed by atoms with E-state index in [9.17, 15) is 9.59 Å². The maximum atomic E-state index is 13.8. The van der Waals surface area contributed by atoms with E-state index in [1.165, 1.54) is 11.8 Å². The highest BCUT2D eigenvalue weighted by Gasteiger charge is 2.38. The van der Waals surface area contributed by atoms with Crippen LogP contribution in [-0.4, -0.2) is 53.8 Å². The summed E-state index contributed by atoms with van der Waals surface area (Å²) in [6.07, 6.45) is 0. The van der Waals surface area contributed by atoms with E-state index in [0.29, 0.717) is 23.1 Å². The fourth-order valence-electron chi connectivity index (χ4n) is 5.08. The SMILES string of the molecule is COc1ccc(-n2nc(-c3ccccc3)c3c2N(CC(=O)NC(C)C)C(=O)CSC3c2ccc3c(c2)OCO3)cc1. The molecule has 0 aliphatic carbocycles. The van der Waals surface area contributed by atoms with Crippen molar-refractivity contribution in [2.75, 3.05) is 31.1 Å². The van der Waals surface area contributed by atoms with Gasteiger partial charge in [0, 0.05) is 17.2 Å². The first-order valence-corrected chi connectivity index (χ1v) is 14.4. The van der Waals surface area contributed by atoms with Crippen LogP contribution in [0.2, 0.25) is 0 Å². The van der Waals surface area contributed by atoms with Crippen molar-refractivity contribution in [2.24, 2.45) is 0 Å². The molecular weight excluding hydrogens is 540 g/mol. The van der Waals surface area contributed by atoms with Crippen LogP contribution in [0.15, 0.2) is 72.8 Å². The second kappa shape index (κ2) is 11.2. The van der Waals surface area contributed by atoms with Crippen molar-refractivity contribution in [1.29, 1.82) is 0 Å². The maximum Gasteiger partial charge on any atom is 0.240 e. The van der Waals surface area contributed by atoms with Crippen LogP contribution in [0.4, 0.5) is 5.82 Å². The Bertz CT molecular complexity index is 1590. The van der Waals surface area contributed by atoms with Gasteiger partial charge in [-0.05, 0) is 55.8 Å².